The van der Waals surface area contributed by atoms with Crippen LogP contribution >= 0.6 is 0 Å². The van der Waals surface area contributed by atoms with E-state index in [1.807, 2.05) is 24.3 Å². The Labute approximate surface area is 160 Å². The average molecular weight is 370 g/mol. The molecule has 5 heteroatoms. The van der Waals surface area contributed by atoms with E-state index in [2.05, 4.69) is 26.1 Å². The standard InChI is InChI=1S/C22H27FN2O2/c1-16(26)25(14-13-17-9-5-7-11-19(17)23)15-21(27)24-20-12-8-6-10-18(20)22(2,3)4/h5-12H,13-15H2,1-4H3,(H,24,27). The van der Waals surface area contributed by atoms with Gasteiger partial charge in [0.1, 0.15) is 5.82 Å². The summed E-state index contributed by atoms with van der Waals surface area (Å²) in [4.78, 5) is 25.9. The average Bonchev–Trinajstić information content (AvgIpc) is 2.59. The lowest BCUT2D eigenvalue weighted by atomic mass is 9.86. The molecule has 0 aliphatic heterocycles. The first kappa shape index (κ1) is 20.6. The smallest absolute Gasteiger partial charge is 0.244 e. The minimum absolute atomic E-state index is 0.0672. The van der Waals surface area contributed by atoms with Crippen LogP contribution in [0.3, 0.4) is 0 Å². The van der Waals surface area contributed by atoms with Crippen LogP contribution in [0.5, 0.6) is 0 Å². The largest absolute Gasteiger partial charge is 0.333 e. The van der Waals surface area contributed by atoms with Crippen molar-refractivity contribution in [1.29, 1.82) is 0 Å². The van der Waals surface area contributed by atoms with Crippen LogP contribution in [0.2, 0.25) is 0 Å². The van der Waals surface area contributed by atoms with Crippen LogP contribution in [-0.4, -0.2) is 29.8 Å². The summed E-state index contributed by atoms with van der Waals surface area (Å²) in [6, 6.07) is 14.1. The number of nitrogens with zero attached hydrogens (tertiary/aromatic N) is 1. The lowest BCUT2D eigenvalue weighted by Crippen LogP contribution is -2.38. The normalized spacial score (nSPS) is 11.1. The first-order valence-corrected chi connectivity index (χ1v) is 9.07. The highest BCUT2D eigenvalue weighted by Gasteiger charge is 2.20. The number of benzene rings is 2. The Bertz CT molecular complexity index is 812. The van der Waals surface area contributed by atoms with Crippen molar-refractivity contribution in [1.82, 2.24) is 4.90 Å². The quantitative estimate of drug-likeness (QED) is 0.830. The van der Waals surface area contributed by atoms with Crippen molar-refractivity contribution in [2.75, 3.05) is 18.4 Å². The summed E-state index contributed by atoms with van der Waals surface area (Å²) in [6.45, 7) is 7.86. The Kier molecular flexibility index (Phi) is 6.72. The first-order valence-electron chi connectivity index (χ1n) is 9.07. The summed E-state index contributed by atoms with van der Waals surface area (Å²) >= 11 is 0. The van der Waals surface area contributed by atoms with Crippen molar-refractivity contribution < 1.29 is 14.0 Å². The minimum atomic E-state index is -0.301. The van der Waals surface area contributed by atoms with Gasteiger partial charge in [-0.05, 0) is 35.1 Å². The second kappa shape index (κ2) is 8.80. The van der Waals surface area contributed by atoms with Crippen molar-refractivity contribution in [3.05, 3.63) is 65.5 Å². The van der Waals surface area contributed by atoms with Gasteiger partial charge in [-0.25, -0.2) is 4.39 Å². The summed E-state index contributed by atoms with van der Waals surface area (Å²) in [5, 5.41) is 2.91. The van der Waals surface area contributed by atoms with E-state index in [1.54, 1.807) is 18.2 Å². The van der Waals surface area contributed by atoms with Crippen LogP contribution in [0.15, 0.2) is 48.5 Å². The van der Waals surface area contributed by atoms with E-state index < -0.39 is 0 Å². The Morgan fingerprint density at radius 1 is 1.04 bits per heavy atom. The number of para-hydroxylation sites is 1. The van der Waals surface area contributed by atoms with Crippen LogP contribution in [-0.2, 0) is 21.4 Å². The van der Waals surface area contributed by atoms with E-state index in [0.29, 0.717) is 12.0 Å². The molecule has 0 aliphatic carbocycles. The number of anilines is 1. The number of halogens is 1. The van der Waals surface area contributed by atoms with Gasteiger partial charge in [-0.2, -0.15) is 0 Å². The molecule has 0 saturated carbocycles. The predicted octanol–water partition coefficient (Wildman–Crippen LogP) is 4.15. The summed E-state index contributed by atoms with van der Waals surface area (Å²) in [6.07, 6.45) is 0.359. The highest BCUT2D eigenvalue weighted by Crippen LogP contribution is 2.29. The van der Waals surface area contributed by atoms with Crippen LogP contribution < -0.4 is 5.32 Å². The van der Waals surface area contributed by atoms with E-state index in [4.69, 9.17) is 0 Å². The van der Waals surface area contributed by atoms with Gasteiger partial charge < -0.3 is 10.2 Å². The van der Waals surface area contributed by atoms with Gasteiger partial charge in [0.15, 0.2) is 0 Å². The number of carbonyl (C=O) groups excluding carboxylic acids is 2. The Balaban J connectivity index is 2.04. The third-order valence-corrected chi connectivity index (χ3v) is 4.40. The molecule has 0 spiro atoms. The third kappa shape index (κ3) is 5.91. The fourth-order valence-electron chi connectivity index (χ4n) is 2.91. The maximum atomic E-state index is 13.8. The molecule has 2 aromatic carbocycles. The Hall–Kier alpha value is -2.69. The Morgan fingerprint density at radius 2 is 1.67 bits per heavy atom. The van der Waals surface area contributed by atoms with Gasteiger partial charge in [0.2, 0.25) is 11.8 Å². The number of amides is 2. The lowest BCUT2D eigenvalue weighted by molar-refractivity contribution is -0.132. The fraction of sp³-hybridized carbons (Fsp3) is 0.364. The minimum Gasteiger partial charge on any atom is -0.333 e. The summed E-state index contributed by atoms with van der Waals surface area (Å²) in [5.74, 6) is -0.786. The Morgan fingerprint density at radius 3 is 2.30 bits per heavy atom. The monoisotopic (exact) mass is 370 g/mol. The van der Waals surface area contributed by atoms with Gasteiger partial charge >= 0.3 is 0 Å². The molecular weight excluding hydrogens is 343 g/mol. The van der Waals surface area contributed by atoms with Gasteiger partial charge in [0.05, 0.1) is 6.54 Å². The molecular formula is C22H27FN2O2. The molecule has 144 valence electrons. The molecule has 2 amide bonds. The summed E-state index contributed by atoms with van der Waals surface area (Å²) < 4.78 is 13.8. The molecule has 2 rings (SSSR count). The second-order valence-corrected chi connectivity index (χ2v) is 7.63. The molecule has 0 atom stereocenters. The molecule has 0 aromatic heterocycles. The van der Waals surface area contributed by atoms with Crippen LogP contribution in [0.1, 0.15) is 38.8 Å². The van der Waals surface area contributed by atoms with E-state index in [1.165, 1.54) is 17.9 Å². The molecule has 0 unspecified atom stereocenters. The third-order valence-electron chi connectivity index (χ3n) is 4.40. The summed E-state index contributed by atoms with van der Waals surface area (Å²) in [5.41, 5.74) is 2.18. The zero-order valence-corrected chi connectivity index (χ0v) is 16.4. The molecule has 0 radical (unpaired) electrons. The van der Waals surface area contributed by atoms with E-state index in [-0.39, 0.29) is 36.1 Å². The maximum Gasteiger partial charge on any atom is 0.244 e. The molecule has 0 fully saturated rings. The zero-order chi connectivity index (χ0) is 20.0. The van der Waals surface area contributed by atoms with Gasteiger partial charge in [0.25, 0.3) is 0 Å². The predicted molar refractivity (Wildman–Crippen MR) is 106 cm³/mol. The topological polar surface area (TPSA) is 49.4 Å². The second-order valence-electron chi connectivity index (χ2n) is 7.63. The number of nitrogens with one attached hydrogen (secondary N) is 1. The molecule has 0 bridgehead atoms. The number of carbonyl (C=O) groups is 2. The SMILES string of the molecule is CC(=O)N(CCc1ccccc1F)CC(=O)Nc1ccccc1C(C)(C)C. The highest BCUT2D eigenvalue weighted by atomic mass is 19.1. The van der Waals surface area contributed by atoms with E-state index >= 15 is 0 Å². The summed E-state index contributed by atoms with van der Waals surface area (Å²) in [7, 11) is 0. The zero-order valence-electron chi connectivity index (χ0n) is 16.4. The molecule has 0 heterocycles. The van der Waals surface area contributed by atoms with Crippen molar-refractivity contribution in [3.8, 4) is 0 Å². The molecule has 1 N–H and O–H groups in total. The molecule has 27 heavy (non-hydrogen) atoms. The molecule has 2 aromatic rings. The van der Waals surface area contributed by atoms with Crippen molar-refractivity contribution >= 4 is 17.5 Å². The van der Waals surface area contributed by atoms with Gasteiger partial charge in [-0.15, -0.1) is 0 Å². The van der Waals surface area contributed by atoms with Crippen LogP contribution in [0.25, 0.3) is 0 Å². The van der Waals surface area contributed by atoms with Crippen molar-refractivity contribution in [3.63, 3.8) is 0 Å². The number of hydrogen-bond donors (Lipinski definition) is 1. The highest BCUT2D eigenvalue weighted by molar-refractivity contribution is 5.95. The van der Waals surface area contributed by atoms with Crippen molar-refractivity contribution in [2.24, 2.45) is 0 Å². The molecule has 0 saturated heterocycles. The fourth-order valence-corrected chi connectivity index (χ4v) is 2.91. The van der Waals surface area contributed by atoms with Crippen LogP contribution in [0, 0.1) is 5.82 Å². The van der Waals surface area contributed by atoms with Gasteiger partial charge in [0, 0.05) is 19.2 Å². The van der Waals surface area contributed by atoms with E-state index in [0.717, 1.165) is 11.3 Å². The number of rotatable bonds is 6. The molecule has 4 nitrogen and oxygen atoms in total. The van der Waals surface area contributed by atoms with Gasteiger partial charge in [-0.3, -0.25) is 9.59 Å². The molecule has 0 aliphatic rings. The van der Waals surface area contributed by atoms with Gasteiger partial charge in [-0.1, -0.05) is 57.2 Å². The van der Waals surface area contributed by atoms with Crippen LogP contribution in [0.4, 0.5) is 10.1 Å². The van der Waals surface area contributed by atoms with E-state index in [9.17, 15) is 14.0 Å². The first-order chi connectivity index (χ1) is 12.7. The maximum absolute atomic E-state index is 13.8. The van der Waals surface area contributed by atoms with Crippen molar-refractivity contribution in [2.45, 2.75) is 39.5 Å². The lowest BCUT2D eigenvalue weighted by Gasteiger charge is -2.24. The number of hydrogen-bond acceptors (Lipinski definition) is 2.